The Morgan fingerprint density at radius 1 is 1.38 bits per heavy atom. The van der Waals surface area contributed by atoms with E-state index in [2.05, 4.69) is 15.6 Å². The first kappa shape index (κ1) is 13.8. The van der Waals surface area contributed by atoms with Gasteiger partial charge >= 0.3 is 0 Å². The van der Waals surface area contributed by atoms with Crippen LogP contribution >= 0.6 is 0 Å². The van der Waals surface area contributed by atoms with E-state index in [-0.39, 0.29) is 5.91 Å². The molecule has 1 fully saturated rings. The van der Waals surface area contributed by atoms with E-state index >= 15 is 0 Å². The van der Waals surface area contributed by atoms with Gasteiger partial charge in [-0.2, -0.15) is 0 Å². The summed E-state index contributed by atoms with van der Waals surface area (Å²) in [6.45, 7) is 2.03. The van der Waals surface area contributed by atoms with Crippen molar-refractivity contribution in [2.24, 2.45) is 5.92 Å². The standard InChI is InChI=1S/C16H19N3O2/c20-16(8-12-4-6-17-7-5-12)19-14-3-1-2-13(9-14)15-10-18-11-21-15/h1-3,9-12,17H,4-8H2,(H,19,20). The van der Waals surface area contributed by atoms with Gasteiger partial charge in [-0.25, -0.2) is 4.98 Å². The van der Waals surface area contributed by atoms with Gasteiger partial charge in [0.2, 0.25) is 5.91 Å². The summed E-state index contributed by atoms with van der Waals surface area (Å²) >= 11 is 0. The lowest BCUT2D eigenvalue weighted by Gasteiger charge is -2.21. The zero-order chi connectivity index (χ0) is 14.5. The molecule has 1 aliphatic heterocycles. The number of piperidine rings is 1. The predicted octanol–water partition coefficient (Wildman–Crippen LogP) is 2.67. The van der Waals surface area contributed by atoms with E-state index in [1.54, 1.807) is 6.20 Å². The van der Waals surface area contributed by atoms with E-state index < -0.39 is 0 Å². The number of hydrogen-bond acceptors (Lipinski definition) is 4. The average molecular weight is 285 g/mol. The highest BCUT2D eigenvalue weighted by Crippen LogP contribution is 2.23. The summed E-state index contributed by atoms with van der Waals surface area (Å²) in [7, 11) is 0. The van der Waals surface area contributed by atoms with Crippen molar-refractivity contribution < 1.29 is 9.21 Å². The van der Waals surface area contributed by atoms with Crippen LogP contribution in [0.2, 0.25) is 0 Å². The van der Waals surface area contributed by atoms with Crippen LogP contribution in [0, 0.1) is 5.92 Å². The number of nitrogens with one attached hydrogen (secondary N) is 2. The van der Waals surface area contributed by atoms with Crippen molar-refractivity contribution in [3.05, 3.63) is 36.9 Å². The fourth-order valence-corrected chi connectivity index (χ4v) is 2.67. The largest absolute Gasteiger partial charge is 0.444 e. The minimum absolute atomic E-state index is 0.0802. The monoisotopic (exact) mass is 285 g/mol. The Hall–Kier alpha value is -2.14. The summed E-state index contributed by atoms with van der Waals surface area (Å²) in [5.41, 5.74) is 1.70. The van der Waals surface area contributed by atoms with Crippen molar-refractivity contribution in [2.45, 2.75) is 19.3 Å². The second kappa shape index (κ2) is 6.54. The molecular formula is C16H19N3O2. The molecule has 1 aliphatic rings. The summed E-state index contributed by atoms with van der Waals surface area (Å²) in [6.07, 6.45) is 5.80. The molecule has 0 saturated carbocycles. The van der Waals surface area contributed by atoms with E-state index in [0.717, 1.165) is 37.2 Å². The number of hydrogen-bond donors (Lipinski definition) is 2. The number of nitrogens with zero attached hydrogens (tertiary/aromatic N) is 1. The van der Waals surface area contributed by atoms with Gasteiger partial charge in [0.05, 0.1) is 6.20 Å². The maximum atomic E-state index is 12.1. The zero-order valence-corrected chi connectivity index (χ0v) is 11.8. The maximum absolute atomic E-state index is 12.1. The molecule has 5 heteroatoms. The van der Waals surface area contributed by atoms with Crippen molar-refractivity contribution >= 4 is 11.6 Å². The molecule has 5 nitrogen and oxygen atoms in total. The van der Waals surface area contributed by atoms with Gasteiger partial charge in [-0.1, -0.05) is 12.1 Å². The van der Waals surface area contributed by atoms with Crippen molar-refractivity contribution in [1.82, 2.24) is 10.3 Å². The predicted molar refractivity (Wildman–Crippen MR) is 80.8 cm³/mol. The van der Waals surface area contributed by atoms with Crippen LogP contribution in [-0.4, -0.2) is 24.0 Å². The number of carbonyl (C=O) groups excluding carboxylic acids is 1. The average Bonchev–Trinajstić information content (AvgIpc) is 3.02. The van der Waals surface area contributed by atoms with Crippen LogP contribution in [0.3, 0.4) is 0 Å². The minimum Gasteiger partial charge on any atom is -0.444 e. The SMILES string of the molecule is O=C(CC1CCNCC1)Nc1cccc(-c2cnco2)c1. The van der Waals surface area contributed by atoms with Gasteiger partial charge in [-0.15, -0.1) is 0 Å². The first-order valence-electron chi connectivity index (χ1n) is 7.31. The lowest BCUT2D eigenvalue weighted by Crippen LogP contribution is -2.30. The van der Waals surface area contributed by atoms with Crippen LogP contribution in [0.25, 0.3) is 11.3 Å². The number of oxazole rings is 1. The highest BCUT2D eigenvalue weighted by Gasteiger charge is 2.16. The fraction of sp³-hybridized carbons (Fsp3) is 0.375. The molecule has 0 radical (unpaired) electrons. The number of carbonyl (C=O) groups is 1. The summed E-state index contributed by atoms with van der Waals surface area (Å²) in [6, 6.07) is 7.63. The number of benzene rings is 1. The maximum Gasteiger partial charge on any atom is 0.224 e. The van der Waals surface area contributed by atoms with Crippen LogP contribution in [-0.2, 0) is 4.79 Å². The molecule has 1 amide bonds. The molecule has 0 unspecified atom stereocenters. The van der Waals surface area contributed by atoms with Gasteiger partial charge in [0.25, 0.3) is 0 Å². The van der Waals surface area contributed by atoms with E-state index in [4.69, 9.17) is 4.42 Å². The third-order valence-corrected chi connectivity index (χ3v) is 3.80. The van der Waals surface area contributed by atoms with Crippen LogP contribution in [0.4, 0.5) is 5.69 Å². The van der Waals surface area contributed by atoms with Gasteiger partial charge < -0.3 is 15.1 Å². The van der Waals surface area contributed by atoms with Crippen molar-refractivity contribution in [3.8, 4) is 11.3 Å². The van der Waals surface area contributed by atoms with E-state index in [1.807, 2.05) is 24.3 Å². The van der Waals surface area contributed by atoms with Gasteiger partial charge in [-0.05, 0) is 44.0 Å². The molecule has 2 aromatic rings. The molecule has 2 N–H and O–H groups in total. The third-order valence-electron chi connectivity index (χ3n) is 3.80. The Balaban J connectivity index is 1.62. The Bertz CT molecular complexity index is 589. The van der Waals surface area contributed by atoms with Gasteiger partial charge in [0.1, 0.15) is 0 Å². The summed E-state index contributed by atoms with van der Waals surface area (Å²) in [5, 5.41) is 6.28. The van der Waals surface area contributed by atoms with Gasteiger partial charge in [0, 0.05) is 17.7 Å². The molecule has 2 heterocycles. The van der Waals surface area contributed by atoms with E-state index in [0.29, 0.717) is 18.1 Å². The number of anilines is 1. The van der Waals surface area contributed by atoms with E-state index in [9.17, 15) is 4.79 Å². The molecule has 0 spiro atoms. The lowest BCUT2D eigenvalue weighted by molar-refractivity contribution is -0.117. The van der Waals surface area contributed by atoms with Crippen molar-refractivity contribution in [2.75, 3.05) is 18.4 Å². The molecular weight excluding hydrogens is 266 g/mol. The fourth-order valence-electron chi connectivity index (χ4n) is 2.67. The topological polar surface area (TPSA) is 67.2 Å². The first-order chi connectivity index (χ1) is 10.3. The molecule has 0 bridgehead atoms. The normalized spacial score (nSPS) is 15.8. The van der Waals surface area contributed by atoms with Crippen LogP contribution < -0.4 is 10.6 Å². The molecule has 1 aromatic carbocycles. The Labute approximate surface area is 123 Å². The van der Waals surface area contributed by atoms with Crippen LogP contribution in [0.15, 0.2) is 41.3 Å². The number of amides is 1. The molecule has 0 aliphatic carbocycles. The second-order valence-electron chi connectivity index (χ2n) is 5.39. The van der Waals surface area contributed by atoms with Gasteiger partial charge in [-0.3, -0.25) is 4.79 Å². The van der Waals surface area contributed by atoms with Crippen molar-refractivity contribution in [3.63, 3.8) is 0 Å². The number of aromatic nitrogens is 1. The first-order valence-corrected chi connectivity index (χ1v) is 7.31. The number of rotatable bonds is 4. The summed E-state index contributed by atoms with van der Waals surface area (Å²) in [5.74, 6) is 1.27. The quantitative estimate of drug-likeness (QED) is 0.906. The second-order valence-corrected chi connectivity index (χ2v) is 5.39. The Morgan fingerprint density at radius 2 is 2.24 bits per heavy atom. The highest BCUT2D eigenvalue weighted by atomic mass is 16.3. The van der Waals surface area contributed by atoms with Crippen LogP contribution in [0.5, 0.6) is 0 Å². The molecule has 110 valence electrons. The molecule has 21 heavy (non-hydrogen) atoms. The Kier molecular flexibility index (Phi) is 4.31. The zero-order valence-electron chi connectivity index (χ0n) is 11.8. The van der Waals surface area contributed by atoms with Crippen LogP contribution in [0.1, 0.15) is 19.3 Å². The smallest absolute Gasteiger partial charge is 0.224 e. The summed E-state index contributed by atoms with van der Waals surface area (Å²) in [4.78, 5) is 16.0. The van der Waals surface area contributed by atoms with E-state index in [1.165, 1.54) is 6.39 Å². The molecule has 1 aromatic heterocycles. The summed E-state index contributed by atoms with van der Waals surface area (Å²) < 4.78 is 5.27. The van der Waals surface area contributed by atoms with Crippen molar-refractivity contribution in [1.29, 1.82) is 0 Å². The van der Waals surface area contributed by atoms with Gasteiger partial charge in [0.15, 0.2) is 12.2 Å². The minimum atomic E-state index is 0.0802. The third kappa shape index (κ3) is 3.70. The highest BCUT2D eigenvalue weighted by molar-refractivity contribution is 5.91. The Morgan fingerprint density at radius 3 is 3.00 bits per heavy atom. The lowest BCUT2D eigenvalue weighted by atomic mass is 9.94. The molecule has 3 rings (SSSR count). The molecule has 0 atom stereocenters. The molecule has 1 saturated heterocycles.